The lowest BCUT2D eigenvalue weighted by atomic mass is 10.00. The number of carbonyl (C=O) groups is 1. The van der Waals surface area contributed by atoms with Crippen LogP contribution in [0.1, 0.15) is 31.4 Å². The number of ether oxygens (including phenoxy) is 1. The Morgan fingerprint density at radius 1 is 1.53 bits per heavy atom. The lowest BCUT2D eigenvalue weighted by Crippen LogP contribution is -2.42. The molecule has 6 nitrogen and oxygen atoms in total. The zero-order chi connectivity index (χ0) is 13.8. The summed E-state index contributed by atoms with van der Waals surface area (Å²) < 4.78 is 5.15. The van der Waals surface area contributed by atoms with Crippen LogP contribution in [0.4, 0.5) is 5.95 Å². The molecule has 1 aliphatic rings. The first-order valence-corrected chi connectivity index (χ1v) is 6.48. The Hall–Kier alpha value is -1.85. The van der Waals surface area contributed by atoms with E-state index in [4.69, 9.17) is 9.84 Å². The van der Waals surface area contributed by atoms with E-state index in [2.05, 4.69) is 9.97 Å². The van der Waals surface area contributed by atoms with Crippen molar-refractivity contribution in [3.63, 3.8) is 0 Å². The van der Waals surface area contributed by atoms with E-state index in [-0.39, 0.29) is 12.5 Å². The van der Waals surface area contributed by atoms with Gasteiger partial charge in [0.1, 0.15) is 0 Å². The lowest BCUT2D eigenvalue weighted by Gasteiger charge is -2.35. The summed E-state index contributed by atoms with van der Waals surface area (Å²) in [5, 5.41) is 8.99. The summed E-state index contributed by atoms with van der Waals surface area (Å²) in [6, 6.07) is 1.73. The van der Waals surface area contributed by atoms with Crippen molar-refractivity contribution in [1.82, 2.24) is 9.97 Å². The minimum atomic E-state index is -0.781. The van der Waals surface area contributed by atoms with Crippen molar-refractivity contribution in [3.8, 4) is 5.88 Å². The molecule has 19 heavy (non-hydrogen) atoms. The zero-order valence-electron chi connectivity index (χ0n) is 11.3. The molecule has 0 amide bonds. The van der Waals surface area contributed by atoms with Gasteiger partial charge < -0.3 is 14.7 Å². The second-order valence-electron chi connectivity index (χ2n) is 4.79. The third kappa shape index (κ3) is 3.33. The molecule has 0 saturated carbocycles. The van der Waals surface area contributed by atoms with E-state index in [9.17, 15) is 4.79 Å². The molecule has 0 spiro atoms. The molecule has 1 N–H and O–H groups in total. The molecular formula is C13H19N3O3. The molecule has 0 radical (unpaired) electrons. The van der Waals surface area contributed by atoms with Crippen LogP contribution in [0.5, 0.6) is 5.88 Å². The molecule has 0 bridgehead atoms. The number of carboxylic acid groups (broad SMARTS) is 1. The van der Waals surface area contributed by atoms with Gasteiger partial charge in [-0.2, -0.15) is 4.98 Å². The van der Waals surface area contributed by atoms with Gasteiger partial charge in [0.2, 0.25) is 11.8 Å². The highest BCUT2D eigenvalue weighted by Crippen LogP contribution is 2.25. The maximum absolute atomic E-state index is 10.9. The number of aliphatic carboxylic acids is 1. The number of aromatic nitrogens is 2. The second-order valence-corrected chi connectivity index (χ2v) is 4.79. The van der Waals surface area contributed by atoms with Crippen LogP contribution in [0.25, 0.3) is 0 Å². The van der Waals surface area contributed by atoms with Crippen LogP contribution in [-0.4, -0.2) is 40.7 Å². The van der Waals surface area contributed by atoms with Crippen molar-refractivity contribution in [2.75, 3.05) is 18.6 Å². The largest absolute Gasteiger partial charge is 0.481 e. The molecule has 1 fully saturated rings. The van der Waals surface area contributed by atoms with E-state index in [1.165, 1.54) is 0 Å². The van der Waals surface area contributed by atoms with Crippen LogP contribution >= 0.6 is 0 Å². The predicted molar refractivity (Wildman–Crippen MR) is 70.6 cm³/mol. The molecule has 2 heterocycles. The maximum atomic E-state index is 10.9. The average Bonchev–Trinajstić information content (AvgIpc) is 2.38. The van der Waals surface area contributed by atoms with E-state index in [0.29, 0.717) is 11.8 Å². The van der Waals surface area contributed by atoms with Gasteiger partial charge in [-0.1, -0.05) is 0 Å². The van der Waals surface area contributed by atoms with Crippen molar-refractivity contribution in [3.05, 3.63) is 11.8 Å². The average molecular weight is 265 g/mol. The van der Waals surface area contributed by atoms with Gasteiger partial charge in [-0.15, -0.1) is 0 Å². The first-order valence-electron chi connectivity index (χ1n) is 6.48. The van der Waals surface area contributed by atoms with Crippen molar-refractivity contribution < 1.29 is 14.6 Å². The molecule has 1 aliphatic heterocycles. The number of nitrogens with zero attached hydrogens (tertiary/aromatic N) is 3. The van der Waals surface area contributed by atoms with E-state index in [0.717, 1.165) is 31.5 Å². The predicted octanol–water partition coefficient (Wildman–Crippen LogP) is 1.63. The highest BCUT2D eigenvalue weighted by molar-refractivity contribution is 5.68. The fourth-order valence-electron chi connectivity index (χ4n) is 2.44. The molecule has 2 rings (SSSR count). The molecule has 1 atom stereocenters. The van der Waals surface area contributed by atoms with Crippen LogP contribution < -0.4 is 9.64 Å². The van der Waals surface area contributed by atoms with Crippen molar-refractivity contribution in [1.29, 1.82) is 0 Å². The SMILES string of the molecule is COc1cc(C)nc(N2CCCCC2CC(=O)O)n1. The Morgan fingerprint density at radius 3 is 3.00 bits per heavy atom. The number of anilines is 1. The normalized spacial score (nSPS) is 19.3. The number of piperidine rings is 1. The van der Waals surface area contributed by atoms with E-state index in [1.807, 2.05) is 11.8 Å². The van der Waals surface area contributed by atoms with Crippen molar-refractivity contribution in [2.24, 2.45) is 0 Å². The van der Waals surface area contributed by atoms with Crippen molar-refractivity contribution in [2.45, 2.75) is 38.6 Å². The lowest BCUT2D eigenvalue weighted by molar-refractivity contribution is -0.137. The van der Waals surface area contributed by atoms with E-state index < -0.39 is 5.97 Å². The monoisotopic (exact) mass is 265 g/mol. The minimum Gasteiger partial charge on any atom is -0.481 e. The summed E-state index contributed by atoms with van der Waals surface area (Å²) >= 11 is 0. The molecule has 1 aromatic rings. The molecule has 6 heteroatoms. The van der Waals surface area contributed by atoms with Gasteiger partial charge in [0.05, 0.1) is 13.5 Å². The Balaban J connectivity index is 2.26. The van der Waals surface area contributed by atoms with Gasteiger partial charge in [-0.3, -0.25) is 4.79 Å². The standard InChI is InChI=1S/C13H19N3O3/c1-9-7-11(19-2)15-13(14-9)16-6-4-3-5-10(16)8-12(17)18/h7,10H,3-6,8H2,1-2H3,(H,17,18). The number of methoxy groups -OCH3 is 1. The molecule has 104 valence electrons. The van der Waals surface area contributed by atoms with Crippen LogP contribution in [0.2, 0.25) is 0 Å². The van der Waals surface area contributed by atoms with Gasteiger partial charge >= 0.3 is 5.97 Å². The summed E-state index contributed by atoms with van der Waals surface area (Å²) in [6.07, 6.45) is 3.08. The zero-order valence-corrected chi connectivity index (χ0v) is 11.3. The third-order valence-electron chi connectivity index (χ3n) is 3.32. The van der Waals surface area contributed by atoms with Gasteiger partial charge in [-0.25, -0.2) is 4.98 Å². The Bertz CT molecular complexity index is 464. The summed E-state index contributed by atoms with van der Waals surface area (Å²) in [7, 11) is 1.57. The smallest absolute Gasteiger partial charge is 0.305 e. The number of hydrogen-bond acceptors (Lipinski definition) is 5. The van der Waals surface area contributed by atoms with E-state index in [1.54, 1.807) is 13.2 Å². The summed E-state index contributed by atoms with van der Waals surface area (Å²) in [5.41, 5.74) is 0.821. The van der Waals surface area contributed by atoms with Gasteiger partial charge in [0.15, 0.2) is 0 Å². The quantitative estimate of drug-likeness (QED) is 0.891. The molecule has 1 aromatic heterocycles. The van der Waals surface area contributed by atoms with Gasteiger partial charge in [-0.05, 0) is 26.2 Å². The Kier molecular flexibility index (Phi) is 4.19. The number of hydrogen-bond donors (Lipinski definition) is 1. The minimum absolute atomic E-state index is 0.0299. The molecule has 1 saturated heterocycles. The number of carboxylic acids is 1. The second kappa shape index (κ2) is 5.86. The topological polar surface area (TPSA) is 75.5 Å². The van der Waals surface area contributed by atoms with Crippen LogP contribution in [0.15, 0.2) is 6.07 Å². The molecule has 1 unspecified atom stereocenters. The number of aryl methyl sites for hydroxylation is 1. The summed E-state index contributed by atoms with van der Waals surface area (Å²) in [6.45, 7) is 2.68. The first-order chi connectivity index (χ1) is 9.10. The highest BCUT2D eigenvalue weighted by Gasteiger charge is 2.27. The summed E-state index contributed by atoms with van der Waals surface area (Å²) in [4.78, 5) is 21.7. The maximum Gasteiger partial charge on any atom is 0.305 e. The van der Waals surface area contributed by atoms with Crippen LogP contribution in [0.3, 0.4) is 0 Å². The van der Waals surface area contributed by atoms with Crippen LogP contribution in [-0.2, 0) is 4.79 Å². The van der Waals surface area contributed by atoms with Crippen molar-refractivity contribution >= 4 is 11.9 Å². The fraction of sp³-hybridized carbons (Fsp3) is 0.615. The molecular weight excluding hydrogens is 246 g/mol. The fourth-order valence-corrected chi connectivity index (χ4v) is 2.44. The molecule has 0 aromatic carbocycles. The van der Waals surface area contributed by atoms with Gasteiger partial charge in [0, 0.05) is 24.3 Å². The van der Waals surface area contributed by atoms with Crippen LogP contribution in [0, 0.1) is 6.92 Å². The highest BCUT2D eigenvalue weighted by atomic mass is 16.5. The first kappa shape index (κ1) is 13.6. The Labute approximate surface area is 112 Å². The van der Waals surface area contributed by atoms with E-state index >= 15 is 0 Å². The summed E-state index contributed by atoms with van der Waals surface area (Å²) in [5.74, 6) is 0.307. The number of rotatable bonds is 4. The van der Waals surface area contributed by atoms with Gasteiger partial charge in [0.25, 0.3) is 0 Å². The third-order valence-corrected chi connectivity index (χ3v) is 3.32. The molecule has 0 aliphatic carbocycles. The Morgan fingerprint density at radius 2 is 2.32 bits per heavy atom.